The second kappa shape index (κ2) is 8.35. The number of nitrogens with one attached hydrogen (secondary N) is 2. The average Bonchev–Trinajstić information content (AvgIpc) is 2.54. The fourth-order valence-corrected chi connectivity index (χ4v) is 4.30. The maximum atomic E-state index is 12.7. The number of esters is 1. The number of hydrogen-bond acceptors (Lipinski definition) is 6. The molecule has 7 nitrogen and oxygen atoms in total. The van der Waals surface area contributed by atoms with Crippen molar-refractivity contribution in [1.29, 1.82) is 0 Å². The quantitative estimate of drug-likeness (QED) is 0.731. The fourth-order valence-electron chi connectivity index (χ4n) is 2.71. The molecule has 0 spiro atoms. The lowest BCUT2D eigenvalue weighted by atomic mass is 9.95. The van der Waals surface area contributed by atoms with Gasteiger partial charge in [0.1, 0.15) is 0 Å². The largest absolute Gasteiger partial charge is 0.465 e. The molecular weight excluding hydrogens is 391 g/mol. The summed E-state index contributed by atoms with van der Waals surface area (Å²) in [7, 11) is -2.36. The van der Waals surface area contributed by atoms with Gasteiger partial charge in [0, 0.05) is 11.9 Å². The first-order valence-electron chi connectivity index (χ1n) is 7.31. The second-order valence-electron chi connectivity index (χ2n) is 5.66. The van der Waals surface area contributed by atoms with Gasteiger partial charge in [0.2, 0.25) is 5.91 Å². The Morgan fingerprint density at radius 2 is 1.88 bits per heavy atom. The minimum atomic E-state index is -3.60. The van der Waals surface area contributed by atoms with Crippen LogP contribution in [0.15, 0.2) is 18.2 Å². The standard InChI is InChI=1S/C15H19ClN2O5S.ClH/c1-23-13(19)11-4-3-10(9-12(11)16)18-14(20)15(24(2,21)22)5-7-17-8-6-15;/h3-4,9,17H,5-8H2,1-2H3,(H,18,20);1H. The number of piperidine rings is 1. The zero-order valence-electron chi connectivity index (χ0n) is 13.8. The summed E-state index contributed by atoms with van der Waals surface area (Å²) in [5.41, 5.74) is 0.482. The van der Waals surface area contributed by atoms with Gasteiger partial charge in [-0.05, 0) is 44.1 Å². The number of rotatable bonds is 4. The summed E-state index contributed by atoms with van der Waals surface area (Å²) >= 11 is 6.02. The first kappa shape index (κ1) is 21.7. The fraction of sp³-hybridized carbons (Fsp3) is 0.467. The molecule has 25 heavy (non-hydrogen) atoms. The van der Waals surface area contributed by atoms with Gasteiger partial charge < -0.3 is 15.4 Å². The van der Waals surface area contributed by atoms with E-state index >= 15 is 0 Å². The van der Waals surface area contributed by atoms with Crippen molar-refractivity contribution in [3.63, 3.8) is 0 Å². The van der Waals surface area contributed by atoms with E-state index in [1.807, 2.05) is 0 Å². The zero-order valence-corrected chi connectivity index (χ0v) is 16.2. The molecule has 10 heteroatoms. The Balaban J connectivity index is 0.00000312. The molecule has 1 fully saturated rings. The third kappa shape index (κ3) is 4.44. The maximum absolute atomic E-state index is 12.7. The van der Waals surface area contributed by atoms with Crippen LogP contribution in [0.25, 0.3) is 0 Å². The van der Waals surface area contributed by atoms with Crippen molar-refractivity contribution >= 4 is 51.4 Å². The number of sulfone groups is 1. The van der Waals surface area contributed by atoms with Gasteiger partial charge in [-0.3, -0.25) is 4.79 Å². The summed E-state index contributed by atoms with van der Waals surface area (Å²) in [4.78, 5) is 24.2. The molecule has 0 aliphatic carbocycles. The Kier molecular flexibility index (Phi) is 7.25. The van der Waals surface area contributed by atoms with Gasteiger partial charge in [-0.1, -0.05) is 11.6 Å². The molecule has 0 unspecified atom stereocenters. The summed E-state index contributed by atoms with van der Waals surface area (Å²) in [5, 5.41) is 5.76. The Labute approximate surface area is 157 Å². The van der Waals surface area contributed by atoms with Crippen LogP contribution in [-0.4, -0.2) is 51.5 Å². The Bertz CT molecular complexity index is 761. The van der Waals surface area contributed by atoms with Crippen LogP contribution >= 0.6 is 24.0 Å². The molecule has 0 radical (unpaired) electrons. The summed E-state index contributed by atoms with van der Waals surface area (Å²) in [6.45, 7) is 0.894. The van der Waals surface area contributed by atoms with Crippen LogP contribution in [0.3, 0.4) is 0 Å². The number of ether oxygens (including phenoxy) is 1. The number of carbonyl (C=O) groups is 2. The van der Waals surface area contributed by atoms with Crippen LogP contribution in [0.5, 0.6) is 0 Å². The van der Waals surface area contributed by atoms with Crippen LogP contribution in [0.4, 0.5) is 5.69 Å². The minimum absolute atomic E-state index is 0. The number of amides is 1. The molecule has 0 atom stereocenters. The third-order valence-corrected chi connectivity index (χ3v) is 6.49. The summed E-state index contributed by atoms with van der Waals surface area (Å²) in [5.74, 6) is -1.18. The first-order valence-corrected chi connectivity index (χ1v) is 9.58. The molecule has 2 N–H and O–H groups in total. The topological polar surface area (TPSA) is 102 Å². The van der Waals surface area contributed by atoms with E-state index in [9.17, 15) is 18.0 Å². The molecule has 1 amide bonds. The van der Waals surface area contributed by atoms with Crippen molar-refractivity contribution in [1.82, 2.24) is 5.32 Å². The van der Waals surface area contributed by atoms with Crippen LogP contribution in [0.2, 0.25) is 5.02 Å². The van der Waals surface area contributed by atoms with E-state index in [0.717, 1.165) is 6.26 Å². The molecule has 1 aromatic rings. The lowest BCUT2D eigenvalue weighted by Gasteiger charge is -2.34. The molecule has 0 saturated carbocycles. The lowest BCUT2D eigenvalue weighted by Crippen LogP contribution is -2.55. The molecule has 1 aliphatic heterocycles. The number of benzene rings is 1. The average molecular weight is 411 g/mol. The Morgan fingerprint density at radius 3 is 2.36 bits per heavy atom. The predicted molar refractivity (Wildman–Crippen MR) is 98.3 cm³/mol. The molecule has 140 valence electrons. The van der Waals surface area contributed by atoms with Crippen molar-refractivity contribution in [2.75, 3.05) is 31.8 Å². The van der Waals surface area contributed by atoms with Crippen LogP contribution < -0.4 is 10.6 Å². The minimum Gasteiger partial charge on any atom is -0.465 e. The van der Waals surface area contributed by atoms with Crippen LogP contribution in [-0.2, 0) is 19.4 Å². The highest BCUT2D eigenvalue weighted by Crippen LogP contribution is 2.30. The van der Waals surface area contributed by atoms with Crippen molar-refractivity contribution < 1.29 is 22.7 Å². The molecule has 1 aliphatic rings. The van der Waals surface area contributed by atoms with E-state index in [4.69, 9.17) is 11.6 Å². The van der Waals surface area contributed by atoms with Gasteiger partial charge in [-0.15, -0.1) is 12.4 Å². The maximum Gasteiger partial charge on any atom is 0.339 e. The van der Waals surface area contributed by atoms with Gasteiger partial charge in [0.15, 0.2) is 14.6 Å². The predicted octanol–water partition coefficient (Wildman–Crippen LogP) is 1.65. The molecule has 2 rings (SSSR count). The monoisotopic (exact) mass is 410 g/mol. The highest BCUT2D eigenvalue weighted by molar-refractivity contribution is 7.92. The highest BCUT2D eigenvalue weighted by Gasteiger charge is 2.48. The van der Waals surface area contributed by atoms with Crippen LogP contribution in [0, 0.1) is 0 Å². The summed E-state index contributed by atoms with van der Waals surface area (Å²) in [6.07, 6.45) is 1.47. The molecule has 1 saturated heterocycles. The third-order valence-electron chi connectivity index (χ3n) is 4.17. The smallest absolute Gasteiger partial charge is 0.339 e. The van der Waals surface area contributed by atoms with Gasteiger partial charge in [0.25, 0.3) is 0 Å². The lowest BCUT2D eigenvalue weighted by molar-refractivity contribution is -0.119. The molecule has 1 heterocycles. The molecule has 0 bridgehead atoms. The van der Waals surface area contributed by atoms with E-state index in [-0.39, 0.29) is 35.8 Å². The van der Waals surface area contributed by atoms with E-state index in [0.29, 0.717) is 18.8 Å². The van der Waals surface area contributed by atoms with E-state index in [2.05, 4.69) is 15.4 Å². The van der Waals surface area contributed by atoms with Gasteiger partial charge in [-0.2, -0.15) is 0 Å². The molecular formula is C15H20Cl2N2O5S. The summed E-state index contributed by atoms with van der Waals surface area (Å²) in [6, 6.07) is 4.29. The number of hydrogen-bond donors (Lipinski definition) is 2. The number of anilines is 1. The number of methoxy groups -OCH3 is 1. The van der Waals surface area contributed by atoms with Gasteiger partial charge in [0.05, 0.1) is 17.7 Å². The van der Waals surface area contributed by atoms with Crippen molar-refractivity contribution in [2.24, 2.45) is 0 Å². The van der Waals surface area contributed by atoms with Crippen molar-refractivity contribution in [3.05, 3.63) is 28.8 Å². The van der Waals surface area contributed by atoms with Crippen molar-refractivity contribution in [2.45, 2.75) is 17.6 Å². The van der Waals surface area contributed by atoms with Gasteiger partial charge in [-0.25, -0.2) is 13.2 Å². The molecule has 0 aromatic heterocycles. The van der Waals surface area contributed by atoms with E-state index in [1.54, 1.807) is 0 Å². The summed E-state index contributed by atoms with van der Waals surface area (Å²) < 4.78 is 27.6. The SMILES string of the molecule is COC(=O)c1ccc(NC(=O)C2(S(C)(=O)=O)CCNCC2)cc1Cl.Cl. The Hall–Kier alpha value is -1.35. The number of carbonyl (C=O) groups excluding carboxylic acids is 2. The van der Waals surface area contributed by atoms with Crippen LogP contribution in [0.1, 0.15) is 23.2 Å². The van der Waals surface area contributed by atoms with E-state index in [1.165, 1.54) is 25.3 Å². The van der Waals surface area contributed by atoms with Gasteiger partial charge >= 0.3 is 5.97 Å². The second-order valence-corrected chi connectivity index (χ2v) is 8.39. The zero-order chi connectivity index (χ0) is 18.0. The Morgan fingerprint density at radius 1 is 1.28 bits per heavy atom. The highest BCUT2D eigenvalue weighted by atomic mass is 35.5. The molecule has 1 aromatic carbocycles. The van der Waals surface area contributed by atoms with Crippen molar-refractivity contribution in [3.8, 4) is 0 Å². The van der Waals surface area contributed by atoms with E-state index < -0.39 is 26.5 Å². The number of halogens is 2. The normalized spacial score (nSPS) is 16.4. The first-order chi connectivity index (χ1) is 11.2.